The molecule has 1 spiro atoms. The Morgan fingerprint density at radius 3 is 2.77 bits per heavy atom. The quantitative estimate of drug-likeness (QED) is 0.613. The fourth-order valence-corrected chi connectivity index (χ4v) is 7.70. The van der Waals surface area contributed by atoms with E-state index in [1.165, 1.54) is 0 Å². The molecule has 1 aromatic carbocycles. The van der Waals surface area contributed by atoms with Crippen molar-refractivity contribution in [1.29, 1.82) is 5.26 Å². The number of nitriles is 1. The summed E-state index contributed by atoms with van der Waals surface area (Å²) in [6.07, 6.45) is 2.83. The molecule has 2 aliphatic carbocycles. The number of benzene rings is 1. The van der Waals surface area contributed by atoms with Crippen LogP contribution in [0.4, 0.5) is 0 Å². The summed E-state index contributed by atoms with van der Waals surface area (Å²) in [7, 11) is 0. The summed E-state index contributed by atoms with van der Waals surface area (Å²) in [5, 5.41) is 23.1. The number of nitrogens with one attached hydrogen (secondary N) is 1. The van der Waals surface area contributed by atoms with Gasteiger partial charge in [-0.1, -0.05) is 27.7 Å². The van der Waals surface area contributed by atoms with Crippen molar-refractivity contribution in [3.8, 4) is 11.8 Å². The summed E-state index contributed by atoms with van der Waals surface area (Å²) in [6.45, 7) is 9.20. The molecule has 0 saturated heterocycles. The van der Waals surface area contributed by atoms with Gasteiger partial charge >= 0.3 is 0 Å². The van der Waals surface area contributed by atoms with Crippen LogP contribution in [0.25, 0.3) is 0 Å². The zero-order chi connectivity index (χ0) is 21.6. The minimum absolute atomic E-state index is 0.153. The van der Waals surface area contributed by atoms with E-state index in [-0.39, 0.29) is 22.7 Å². The first-order chi connectivity index (χ1) is 14.1. The fourth-order valence-electron chi connectivity index (χ4n) is 7.15. The molecular weight excluding hydrogens is 400 g/mol. The first-order valence-corrected chi connectivity index (χ1v) is 11.4. The van der Waals surface area contributed by atoms with Gasteiger partial charge in [-0.25, -0.2) is 0 Å². The van der Waals surface area contributed by atoms with Crippen molar-refractivity contribution in [1.82, 2.24) is 5.32 Å². The molecule has 6 atom stereocenters. The highest BCUT2D eigenvalue weighted by Gasteiger charge is 2.69. The van der Waals surface area contributed by atoms with Crippen molar-refractivity contribution in [2.24, 2.45) is 22.7 Å². The molecule has 5 nitrogen and oxygen atoms in total. The van der Waals surface area contributed by atoms with Crippen LogP contribution in [0, 0.1) is 34.0 Å². The Labute approximate surface area is 182 Å². The maximum absolute atomic E-state index is 12.4. The number of carbonyl (C=O) groups is 1. The summed E-state index contributed by atoms with van der Waals surface area (Å²) in [5.74, 6) is 1.12. The molecule has 0 radical (unpaired) electrons. The van der Waals surface area contributed by atoms with E-state index in [1.807, 2.05) is 6.07 Å². The van der Waals surface area contributed by atoms with Crippen LogP contribution in [0.5, 0.6) is 5.75 Å². The molecule has 2 saturated carbocycles. The number of amides is 1. The lowest BCUT2D eigenvalue weighted by Gasteiger charge is -2.67. The second-order valence-electron chi connectivity index (χ2n) is 10.7. The predicted molar refractivity (Wildman–Crippen MR) is 113 cm³/mol. The van der Waals surface area contributed by atoms with Gasteiger partial charge in [-0.05, 0) is 42.2 Å². The zero-order valence-electron chi connectivity index (χ0n) is 18.0. The Kier molecular flexibility index (Phi) is 4.13. The highest BCUT2D eigenvalue weighted by molar-refractivity contribution is 6.21. The molecule has 0 aromatic heterocycles. The van der Waals surface area contributed by atoms with Crippen LogP contribution in [-0.2, 0) is 13.0 Å². The maximum atomic E-state index is 12.4. The van der Waals surface area contributed by atoms with Crippen molar-refractivity contribution in [2.45, 2.75) is 77.0 Å². The molecule has 6 heteroatoms. The number of ether oxygens (including phenoxy) is 1. The molecule has 0 bridgehead atoms. The number of aliphatic hydroxyl groups is 1. The van der Waals surface area contributed by atoms with E-state index in [9.17, 15) is 15.2 Å². The number of hydrogen-bond donors (Lipinski definition) is 2. The number of nitrogens with zero attached hydrogens (tertiary/aromatic N) is 1. The average molecular weight is 429 g/mol. The molecule has 1 aromatic rings. The summed E-state index contributed by atoms with van der Waals surface area (Å²) in [5.41, 5.74) is 1.62. The van der Waals surface area contributed by atoms with Gasteiger partial charge in [-0.2, -0.15) is 5.26 Å². The zero-order valence-corrected chi connectivity index (χ0v) is 18.8. The Morgan fingerprint density at radius 1 is 1.33 bits per heavy atom. The standard InChI is InChI=1S/C24H29ClN2O3/c1-12-5-6-17-22(2,3)20(28)16(25)9-24(17)23(12,4)8-13-7-14(10-26)18-15(19(13)30-24)11-27-21(18)29/h7,12,16-17,20,28H,5-6,8-9,11H2,1-4H3,(H,27,29)/t12-,16?,17-,20?,23+,24-/m0/s1. The van der Waals surface area contributed by atoms with Crippen LogP contribution in [0.3, 0.4) is 0 Å². The molecule has 2 unspecified atom stereocenters. The van der Waals surface area contributed by atoms with Gasteiger partial charge in [0.2, 0.25) is 0 Å². The van der Waals surface area contributed by atoms with Crippen molar-refractivity contribution in [2.75, 3.05) is 0 Å². The van der Waals surface area contributed by atoms with E-state index in [1.54, 1.807) is 0 Å². The molecular formula is C24H29ClN2O3. The molecule has 5 rings (SSSR count). The molecule has 2 aliphatic heterocycles. The van der Waals surface area contributed by atoms with Gasteiger partial charge in [0.05, 0.1) is 28.7 Å². The van der Waals surface area contributed by atoms with E-state index in [4.69, 9.17) is 16.3 Å². The largest absolute Gasteiger partial charge is 0.486 e. The molecule has 30 heavy (non-hydrogen) atoms. The van der Waals surface area contributed by atoms with Gasteiger partial charge in [-0.3, -0.25) is 4.79 Å². The number of rotatable bonds is 0. The number of fused-ring (bicyclic) bond motifs is 3. The van der Waals surface area contributed by atoms with Crippen LogP contribution in [-0.4, -0.2) is 28.1 Å². The Morgan fingerprint density at radius 2 is 2.07 bits per heavy atom. The van der Waals surface area contributed by atoms with Gasteiger partial charge in [-0.15, -0.1) is 11.6 Å². The van der Waals surface area contributed by atoms with Crippen LogP contribution >= 0.6 is 11.6 Å². The van der Waals surface area contributed by atoms with Crippen molar-refractivity contribution in [3.63, 3.8) is 0 Å². The van der Waals surface area contributed by atoms with Gasteiger partial charge in [0.25, 0.3) is 5.91 Å². The normalized spacial score (nSPS) is 40.8. The topological polar surface area (TPSA) is 82.3 Å². The number of alkyl halides is 1. The highest BCUT2D eigenvalue weighted by atomic mass is 35.5. The smallest absolute Gasteiger partial charge is 0.253 e. The Hall–Kier alpha value is -1.77. The van der Waals surface area contributed by atoms with Crippen LogP contribution in [0.2, 0.25) is 0 Å². The average Bonchev–Trinajstić information content (AvgIpc) is 3.08. The summed E-state index contributed by atoms with van der Waals surface area (Å²) < 4.78 is 7.05. The number of hydrogen-bond acceptors (Lipinski definition) is 4. The fraction of sp³-hybridized carbons (Fsp3) is 0.667. The van der Waals surface area contributed by atoms with Gasteiger partial charge < -0.3 is 15.2 Å². The number of halogens is 1. The summed E-state index contributed by atoms with van der Waals surface area (Å²) in [6, 6.07) is 4.07. The third-order valence-electron chi connectivity index (χ3n) is 9.08. The minimum Gasteiger partial charge on any atom is -0.486 e. The van der Waals surface area contributed by atoms with Crippen molar-refractivity contribution < 1.29 is 14.6 Å². The lowest BCUT2D eigenvalue weighted by molar-refractivity contribution is -0.232. The van der Waals surface area contributed by atoms with Crippen molar-refractivity contribution >= 4 is 17.5 Å². The second-order valence-corrected chi connectivity index (χ2v) is 11.2. The van der Waals surface area contributed by atoms with Gasteiger partial charge in [0.1, 0.15) is 11.4 Å². The third-order valence-corrected chi connectivity index (χ3v) is 9.47. The van der Waals surface area contributed by atoms with Crippen LogP contribution < -0.4 is 10.1 Å². The van der Waals surface area contributed by atoms with E-state index < -0.39 is 17.1 Å². The number of carbonyl (C=O) groups excluding carboxylic acids is 1. The molecule has 4 aliphatic rings. The maximum Gasteiger partial charge on any atom is 0.253 e. The number of aliphatic hydroxyl groups excluding tert-OH is 1. The first kappa shape index (κ1) is 20.2. The molecule has 2 heterocycles. The van der Waals surface area contributed by atoms with Crippen LogP contribution in [0.1, 0.15) is 74.0 Å². The first-order valence-electron chi connectivity index (χ1n) is 10.9. The predicted octanol–water partition coefficient (Wildman–Crippen LogP) is 3.93. The van der Waals surface area contributed by atoms with Gasteiger partial charge in [0, 0.05) is 29.9 Å². The van der Waals surface area contributed by atoms with E-state index in [2.05, 4.69) is 39.1 Å². The monoisotopic (exact) mass is 428 g/mol. The molecule has 2 N–H and O–H groups in total. The third kappa shape index (κ3) is 2.25. The summed E-state index contributed by atoms with van der Waals surface area (Å²) >= 11 is 6.77. The van der Waals surface area contributed by atoms with Gasteiger partial charge in [0.15, 0.2) is 0 Å². The molecule has 160 valence electrons. The van der Waals surface area contributed by atoms with E-state index >= 15 is 0 Å². The summed E-state index contributed by atoms with van der Waals surface area (Å²) in [4.78, 5) is 12.4. The molecule has 1 amide bonds. The SMILES string of the molecule is C[C@H]1CC[C@H]2C(C)(C)C(O)C(Cl)C[C@]23Oc2c(cc(C#N)c4c2CNC4=O)C[C@]13C. The Bertz CT molecular complexity index is 999. The lowest BCUT2D eigenvalue weighted by atomic mass is 9.43. The Balaban J connectivity index is 1.75. The van der Waals surface area contributed by atoms with Crippen LogP contribution in [0.15, 0.2) is 6.07 Å². The minimum atomic E-state index is -0.590. The second kappa shape index (κ2) is 6.14. The highest BCUT2D eigenvalue weighted by Crippen LogP contribution is 2.66. The van der Waals surface area contributed by atoms with Crippen molar-refractivity contribution in [3.05, 3.63) is 28.3 Å². The van der Waals surface area contributed by atoms with E-state index in [0.29, 0.717) is 30.0 Å². The molecule has 2 fully saturated rings. The van der Waals surface area contributed by atoms with E-state index in [0.717, 1.165) is 36.1 Å². The lowest BCUT2D eigenvalue weighted by Crippen LogP contribution is -2.72.